The maximum Gasteiger partial charge on any atom is 0.119 e. The Labute approximate surface area is 180 Å². The monoisotopic (exact) mass is 411 g/mol. The van der Waals surface area contributed by atoms with Crippen molar-refractivity contribution < 1.29 is 9.47 Å². The SMILES string of the molecule is CC(C)(c1ccccc1)c1ccc(OCc2ccccc2COCCN)cc1.Cl. The average molecular weight is 412 g/mol. The van der Waals surface area contributed by atoms with Crippen molar-refractivity contribution in [2.24, 2.45) is 5.73 Å². The molecule has 3 aromatic carbocycles. The van der Waals surface area contributed by atoms with Gasteiger partial charge in [0.1, 0.15) is 12.4 Å². The van der Waals surface area contributed by atoms with Crippen LogP contribution in [0.3, 0.4) is 0 Å². The van der Waals surface area contributed by atoms with Gasteiger partial charge >= 0.3 is 0 Å². The van der Waals surface area contributed by atoms with E-state index in [0.29, 0.717) is 26.4 Å². The second-order valence-corrected chi connectivity index (χ2v) is 7.41. The molecule has 0 bridgehead atoms. The summed E-state index contributed by atoms with van der Waals surface area (Å²) in [5.74, 6) is 0.866. The highest BCUT2D eigenvalue weighted by Crippen LogP contribution is 2.32. The molecular formula is C25H30ClNO2. The van der Waals surface area contributed by atoms with E-state index in [9.17, 15) is 0 Å². The third-order valence-electron chi connectivity index (χ3n) is 5.10. The fourth-order valence-corrected chi connectivity index (χ4v) is 3.25. The van der Waals surface area contributed by atoms with Crippen LogP contribution in [0.25, 0.3) is 0 Å². The van der Waals surface area contributed by atoms with Crippen molar-refractivity contribution in [2.45, 2.75) is 32.5 Å². The van der Waals surface area contributed by atoms with Gasteiger partial charge in [0.05, 0.1) is 13.2 Å². The molecule has 154 valence electrons. The summed E-state index contributed by atoms with van der Waals surface area (Å²) in [5, 5.41) is 0. The van der Waals surface area contributed by atoms with Gasteiger partial charge in [-0.25, -0.2) is 0 Å². The molecule has 0 heterocycles. The molecule has 2 N–H and O–H groups in total. The van der Waals surface area contributed by atoms with E-state index in [2.05, 4.69) is 68.4 Å². The number of halogens is 1. The molecule has 0 aliphatic heterocycles. The summed E-state index contributed by atoms with van der Waals surface area (Å²) >= 11 is 0. The predicted octanol–water partition coefficient (Wildman–Crippen LogP) is 5.49. The van der Waals surface area contributed by atoms with Gasteiger partial charge in [-0.3, -0.25) is 0 Å². The van der Waals surface area contributed by atoms with Gasteiger partial charge < -0.3 is 15.2 Å². The predicted molar refractivity (Wildman–Crippen MR) is 122 cm³/mol. The molecule has 3 rings (SSSR count). The van der Waals surface area contributed by atoms with Crippen LogP contribution in [0.2, 0.25) is 0 Å². The summed E-state index contributed by atoms with van der Waals surface area (Å²) in [7, 11) is 0. The number of hydrogen-bond donors (Lipinski definition) is 1. The minimum absolute atomic E-state index is 0. The minimum Gasteiger partial charge on any atom is -0.489 e. The molecule has 0 atom stereocenters. The summed E-state index contributed by atoms with van der Waals surface area (Å²) in [6.07, 6.45) is 0. The number of hydrogen-bond acceptors (Lipinski definition) is 3. The zero-order valence-corrected chi connectivity index (χ0v) is 18.0. The van der Waals surface area contributed by atoms with Crippen molar-refractivity contribution in [1.29, 1.82) is 0 Å². The Kier molecular flexibility index (Phi) is 8.71. The summed E-state index contributed by atoms with van der Waals surface area (Å²) < 4.78 is 11.6. The van der Waals surface area contributed by atoms with Gasteiger partial charge in [-0.15, -0.1) is 12.4 Å². The molecule has 4 heteroatoms. The van der Waals surface area contributed by atoms with E-state index < -0.39 is 0 Å². The van der Waals surface area contributed by atoms with Crippen LogP contribution in [0.4, 0.5) is 0 Å². The topological polar surface area (TPSA) is 44.5 Å². The standard InChI is InChI=1S/C25H29NO2.ClH/c1-25(2,22-10-4-3-5-11-22)23-12-14-24(15-13-23)28-19-21-9-7-6-8-20(21)18-27-17-16-26;/h3-15H,16-19,26H2,1-2H3;1H. The van der Waals surface area contributed by atoms with Gasteiger partial charge in [0.2, 0.25) is 0 Å². The Morgan fingerprint density at radius 1 is 0.724 bits per heavy atom. The third-order valence-corrected chi connectivity index (χ3v) is 5.10. The van der Waals surface area contributed by atoms with E-state index in [1.54, 1.807) is 0 Å². The highest BCUT2D eigenvalue weighted by atomic mass is 35.5. The molecule has 0 unspecified atom stereocenters. The average Bonchev–Trinajstić information content (AvgIpc) is 2.74. The van der Waals surface area contributed by atoms with E-state index in [1.807, 2.05) is 24.3 Å². The molecule has 0 spiro atoms. The van der Waals surface area contributed by atoms with Gasteiger partial charge in [0.25, 0.3) is 0 Å². The first-order valence-electron chi connectivity index (χ1n) is 9.74. The molecule has 0 radical (unpaired) electrons. The largest absolute Gasteiger partial charge is 0.489 e. The summed E-state index contributed by atoms with van der Waals surface area (Å²) in [4.78, 5) is 0. The van der Waals surface area contributed by atoms with Crippen LogP contribution in [0.15, 0.2) is 78.9 Å². The van der Waals surface area contributed by atoms with Crippen molar-refractivity contribution in [1.82, 2.24) is 0 Å². The summed E-state index contributed by atoms with van der Waals surface area (Å²) in [5.41, 5.74) is 10.3. The Morgan fingerprint density at radius 3 is 1.90 bits per heavy atom. The van der Waals surface area contributed by atoms with Crippen LogP contribution in [0.1, 0.15) is 36.1 Å². The molecule has 0 fully saturated rings. The number of nitrogens with two attached hydrogens (primary N) is 1. The van der Waals surface area contributed by atoms with Gasteiger partial charge in [0, 0.05) is 12.0 Å². The third kappa shape index (κ3) is 6.07. The fourth-order valence-electron chi connectivity index (χ4n) is 3.25. The second kappa shape index (κ2) is 11.0. The van der Waals surface area contributed by atoms with Crippen LogP contribution in [-0.2, 0) is 23.4 Å². The van der Waals surface area contributed by atoms with E-state index in [-0.39, 0.29) is 17.8 Å². The van der Waals surface area contributed by atoms with Crippen LogP contribution in [-0.4, -0.2) is 13.2 Å². The molecule has 0 aromatic heterocycles. The summed E-state index contributed by atoms with van der Waals surface area (Å²) in [6, 6.07) is 27.2. The lowest BCUT2D eigenvalue weighted by atomic mass is 9.78. The highest BCUT2D eigenvalue weighted by Gasteiger charge is 2.22. The highest BCUT2D eigenvalue weighted by molar-refractivity contribution is 5.85. The van der Waals surface area contributed by atoms with E-state index >= 15 is 0 Å². The van der Waals surface area contributed by atoms with Crippen molar-refractivity contribution in [3.05, 3.63) is 101 Å². The van der Waals surface area contributed by atoms with E-state index in [4.69, 9.17) is 15.2 Å². The van der Waals surface area contributed by atoms with Crippen LogP contribution >= 0.6 is 12.4 Å². The van der Waals surface area contributed by atoms with Crippen LogP contribution in [0, 0.1) is 0 Å². The molecule has 3 aromatic rings. The first kappa shape index (κ1) is 23.0. The van der Waals surface area contributed by atoms with Crippen molar-refractivity contribution in [3.8, 4) is 5.75 Å². The Hall–Kier alpha value is -2.33. The lowest BCUT2D eigenvalue weighted by molar-refractivity contribution is 0.126. The first-order valence-corrected chi connectivity index (χ1v) is 9.74. The van der Waals surface area contributed by atoms with Crippen molar-refractivity contribution in [2.75, 3.05) is 13.2 Å². The first-order chi connectivity index (χ1) is 13.6. The maximum absolute atomic E-state index is 6.03. The van der Waals surface area contributed by atoms with Gasteiger partial charge in [-0.2, -0.15) is 0 Å². The van der Waals surface area contributed by atoms with E-state index in [1.165, 1.54) is 11.1 Å². The molecule has 0 aliphatic carbocycles. The van der Waals surface area contributed by atoms with Crippen molar-refractivity contribution in [3.63, 3.8) is 0 Å². The Balaban J connectivity index is 0.00000300. The zero-order chi connectivity index (χ0) is 19.8. The Morgan fingerprint density at radius 2 is 1.28 bits per heavy atom. The zero-order valence-electron chi connectivity index (χ0n) is 17.1. The smallest absolute Gasteiger partial charge is 0.119 e. The Bertz CT molecular complexity index is 864. The van der Waals surface area contributed by atoms with Gasteiger partial charge in [-0.1, -0.05) is 80.6 Å². The molecule has 3 nitrogen and oxygen atoms in total. The summed E-state index contributed by atoms with van der Waals surface area (Å²) in [6.45, 7) is 6.66. The van der Waals surface area contributed by atoms with Gasteiger partial charge in [-0.05, 0) is 34.4 Å². The number of benzene rings is 3. The van der Waals surface area contributed by atoms with E-state index in [0.717, 1.165) is 16.9 Å². The normalized spacial score (nSPS) is 11.0. The molecule has 29 heavy (non-hydrogen) atoms. The number of ether oxygens (including phenoxy) is 2. The lowest BCUT2D eigenvalue weighted by Gasteiger charge is -2.26. The fraction of sp³-hybridized carbons (Fsp3) is 0.280. The molecule has 0 aliphatic rings. The van der Waals surface area contributed by atoms with Crippen LogP contribution in [0.5, 0.6) is 5.75 Å². The molecule has 0 amide bonds. The second-order valence-electron chi connectivity index (χ2n) is 7.41. The quantitative estimate of drug-likeness (QED) is 0.473. The minimum atomic E-state index is -0.0489. The maximum atomic E-state index is 6.03. The van der Waals surface area contributed by atoms with Gasteiger partial charge in [0.15, 0.2) is 0 Å². The lowest BCUT2D eigenvalue weighted by Crippen LogP contribution is -2.18. The molecule has 0 saturated heterocycles. The van der Waals surface area contributed by atoms with Crippen molar-refractivity contribution >= 4 is 12.4 Å². The van der Waals surface area contributed by atoms with Crippen LogP contribution < -0.4 is 10.5 Å². The molecular weight excluding hydrogens is 382 g/mol. The molecule has 0 saturated carbocycles. The number of rotatable bonds is 9.